The molecule has 0 bridgehead atoms. The maximum absolute atomic E-state index is 9.69. The number of likely N-dealkylation sites (tertiary alicyclic amines) is 1. The van der Waals surface area contributed by atoms with Crippen molar-refractivity contribution in [3.8, 4) is 0 Å². The third kappa shape index (κ3) is 4.81. The number of nitrogens with zero attached hydrogens (tertiary/aromatic N) is 3. The van der Waals surface area contributed by atoms with E-state index in [1.54, 1.807) is 0 Å². The summed E-state index contributed by atoms with van der Waals surface area (Å²) in [4.78, 5) is 9.11. The second-order valence-electron chi connectivity index (χ2n) is 8.84. The summed E-state index contributed by atoms with van der Waals surface area (Å²) in [5, 5.41) is 11.8. The summed E-state index contributed by atoms with van der Waals surface area (Å²) in [6.45, 7) is 11.4. The molecule has 0 radical (unpaired) electrons. The van der Waals surface area contributed by atoms with Gasteiger partial charge < -0.3 is 10.0 Å². The largest absolute Gasteiger partial charge is 0.396 e. The van der Waals surface area contributed by atoms with Crippen molar-refractivity contribution in [3.63, 3.8) is 0 Å². The molecule has 1 aromatic heterocycles. The van der Waals surface area contributed by atoms with Crippen LogP contribution < -0.4 is 0 Å². The van der Waals surface area contributed by atoms with Crippen molar-refractivity contribution in [2.45, 2.75) is 57.8 Å². The fraction of sp³-hybridized carbons (Fsp3) is 0.652. The van der Waals surface area contributed by atoms with E-state index < -0.39 is 0 Å². The first-order valence-electron chi connectivity index (χ1n) is 11.1. The highest BCUT2D eigenvalue weighted by Gasteiger charge is 2.34. The number of aliphatic hydroxyl groups is 1. The summed E-state index contributed by atoms with van der Waals surface area (Å²) in [7, 11) is 0. The highest BCUT2D eigenvalue weighted by Crippen LogP contribution is 2.36. The van der Waals surface area contributed by atoms with E-state index in [0.29, 0.717) is 18.1 Å². The third-order valence-corrected chi connectivity index (χ3v) is 8.44. The third-order valence-electron chi connectivity index (χ3n) is 6.74. The molecule has 1 N–H and O–H groups in total. The fourth-order valence-electron chi connectivity index (χ4n) is 5.07. The molecule has 29 heavy (non-hydrogen) atoms. The van der Waals surface area contributed by atoms with Gasteiger partial charge >= 0.3 is 0 Å². The van der Waals surface area contributed by atoms with Gasteiger partial charge in [0.2, 0.25) is 0 Å². The molecule has 2 aliphatic heterocycles. The minimum absolute atomic E-state index is 0.267. The van der Waals surface area contributed by atoms with E-state index in [0.717, 1.165) is 37.6 Å². The van der Waals surface area contributed by atoms with Crippen LogP contribution in [-0.4, -0.2) is 77.3 Å². The Morgan fingerprint density at radius 2 is 1.90 bits per heavy atom. The van der Waals surface area contributed by atoms with Crippen LogP contribution in [0.15, 0.2) is 24.3 Å². The lowest BCUT2D eigenvalue weighted by Crippen LogP contribution is -2.58. The number of piperidine rings is 1. The van der Waals surface area contributed by atoms with Crippen LogP contribution in [0.5, 0.6) is 0 Å². The molecule has 6 heteroatoms. The van der Waals surface area contributed by atoms with Crippen LogP contribution in [0.1, 0.15) is 38.0 Å². The summed E-state index contributed by atoms with van der Waals surface area (Å²) >= 11 is 8.51. The number of benzene rings is 1. The first-order valence-corrected chi connectivity index (χ1v) is 12.2. The Bertz CT molecular complexity index is 803. The normalized spacial score (nSPS) is 23.4. The Morgan fingerprint density at radius 3 is 2.59 bits per heavy atom. The molecule has 2 saturated heterocycles. The lowest BCUT2D eigenvalue weighted by Gasteiger charge is -2.48. The summed E-state index contributed by atoms with van der Waals surface area (Å²) in [6.07, 6.45) is 3.37. The van der Waals surface area contributed by atoms with Gasteiger partial charge in [-0.05, 0) is 52.3 Å². The van der Waals surface area contributed by atoms with Gasteiger partial charge in [-0.1, -0.05) is 29.8 Å². The maximum atomic E-state index is 9.69. The van der Waals surface area contributed by atoms with Crippen LogP contribution in [0, 0.1) is 0 Å². The van der Waals surface area contributed by atoms with Gasteiger partial charge in [0, 0.05) is 65.9 Å². The summed E-state index contributed by atoms with van der Waals surface area (Å²) in [5.41, 5.74) is 0. The Hall–Kier alpha value is -0.690. The molecule has 2 aromatic rings. The monoisotopic (exact) mass is 435 g/mol. The number of halogens is 1. The van der Waals surface area contributed by atoms with Gasteiger partial charge in [-0.25, -0.2) is 0 Å². The van der Waals surface area contributed by atoms with E-state index in [1.807, 2.05) is 11.3 Å². The van der Waals surface area contributed by atoms with E-state index >= 15 is 0 Å². The van der Waals surface area contributed by atoms with Crippen molar-refractivity contribution in [2.24, 2.45) is 0 Å². The maximum Gasteiger partial charge on any atom is 0.0637 e. The molecule has 3 heterocycles. The fourth-order valence-corrected chi connectivity index (χ4v) is 6.60. The molecule has 0 amide bonds. The SMILES string of the molecule is CC(C)N1CCC(N2CCN(Cc3sc4ccccc4c3Cl)CC2CCO)CC1. The van der Waals surface area contributed by atoms with Gasteiger partial charge in [-0.3, -0.25) is 9.80 Å². The van der Waals surface area contributed by atoms with Gasteiger partial charge in [-0.15, -0.1) is 11.3 Å². The minimum Gasteiger partial charge on any atom is -0.396 e. The Morgan fingerprint density at radius 1 is 1.14 bits per heavy atom. The molecule has 4 rings (SSSR count). The standard InChI is InChI=1S/C23H34ClN3OS/c1-17(2)26-10-7-18(8-11-26)27-13-12-25(15-19(27)9-14-28)16-22-23(24)20-5-3-4-6-21(20)29-22/h3-6,17-19,28H,7-16H2,1-2H3. The van der Waals surface area contributed by atoms with E-state index in [-0.39, 0.29) is 6.61 Å². The first-order chi connectivity index (χ1) is 14.1. The van der Waals surface area contributed by atoms with Crippen LogP contribution in [-0.2, 0) is 6.54 Å². The molecule has 0 saturated carbocycles. The average Bonchev–Trinajstić information content (AvgIpc) is 3.04. The second-order valence-corrected chi connectivity index (χ2v) is 10.4. The van der Waals surface area contributed by atoms with Crippen molar-refractivity contribution in [3.05, 3.63) is 34.2 Å². The van der Waals surface area contributed by atoms with Crippen molar-refractivity contribution in [2.75, 3.05) is 39.3 Å². The molecular formula is C23H34ClN3OS. The first kappa shape index (κ1) is 21.5. The summed E-state index contributed by atoms with van der Waals surface area (Å²) in [6, 6.07) is 10.2. The Balaban J connectivity index is 1.40. The number of fused-ring (bicyclic) bond motifs is 1. The van der Waals surface area contributed by atoms with Crippen molar-refractivity contribution < 1.29 is 5.11 Å². The van der Waals surface area contributed by atoms with Gasteiger partial charge in [0.25, 0.3) is 0 Å². The lowest BCUT2D eigenvalue weighted by molar-refractivity contribution is 0.000242. The zero-order valence-electron chi connectivity index (χ0n) is 17.7. The van der Waals surface area contributed by atoms with E-state index in [1.165, 1.54) is 40.9 Å². The van der Waals surface area contributed by atoms with Crippen molar-refractivity contribution >= 4 is 33.0 Å². The lowest BCUT2D eigenvalue weighted by atomic mass is 9.97. The highest BCUT2D eigenvalue weighted by atomic mass is 35.5. The molecule has 2 fully saturated rings. The molecule has 1 aromatic carbocycles. The molecule has 160 valence electrons. The smallest absolute Gasteiger partial charge is 0.0637 e. The number of piperazine rings is 1. The minimum atomic E-state index is 0.267. The molecule has 0 aliphatic carbocycles. The van der Waals surface area contributed by atoms with Gasteiger partial charge in [-0.2, -0.15) is 0 Å². The predicted molar refractivity (Wildman–Crippen MR) is 124 cm³/mol. The highest BCUT2D eigenvalue weighted by molar-refractivity contribution is 7.19. The zero-order chi connectivity index (χ0) is 20.4. The topological polar surface area (TPSA) is 30.0 Å². The molecule has 4 nitrogen and oxygen atoms in total. The average molecular weight is 436 g/mol. The van der Waals surface area contributed by atoms with E-state index in [2.05, 4.69) is 52.8 Å². The molecular weight excluding hydrogens is 402 g/mol. The number of rotatable bonds is 6. The number of aliphatic hydroxyl groups excluding tert-OH is 1. The molecule has 0 spiro atoms. The second kappa shape index (κ2) is 9.63. The number of hydrogen-bond acceptors (Lipinski definition) is 5. The van der Waals surface area contributed by atoms with E-state index in [4.69, 9.17) is 11.6 Å². The summed E-state index contributed by atoms with van der Waals surface area (Å²) < 4.78 is 1.27. The van der Waals surface area contributed by atoms with Gasteiger partial charge in [0.15, 0.2) is 0 Å². The zero-order valence-corrected chi connectivity index (χ0v) is 19.3. The Labute approximate surface area is 184 Å². The molecule has 2 aliphatic rings. The van der Waals surface area contributed by atoms with Crippen LogP contribution in [0.2, 0.25) is 5.02 Å². The Kier molecular flexibility index (Phi) is 7.15. The number of hydrogen-bond donors (Lipinski definition) is 1. The van der Waals surface area contributed by atoms with Crippen LogP contribution in [0.3, 0.4) is 0 Å². The predicted octanol–water partition coefficient (Wildman–Crippen LogP) is 4.30. The van der Waals surface area contributed by atoms with Crippen LogP contribution in [0.25, 0.3) is 10.1 Å². The van der Waals surface area contributed by atoms with Crippen LogP contribution in [0.4, 0.5) is 0 Å². The van der Waals surface area contributed by atoms with Crippen molar-refractivity contribution in [1.29, 1.82) is 0 Å². The molecule has 1 unspecified atom stereocenters. The molecule has 1 atom stereocenters. The van der Waals surface area contributed by atoms with Gasteiger partial charge in [0.05, 0.1) is 5.02 Å². The van der Waals surface area contributed by atoms with Crippen molar-refractivity contribution in [1.82, 2.24) is 14.7 Å². The van der Waals surface area contributed by atoms with Gasteiger partial charge in [0.1, 0.15) is 0 Å². The summed E-state index contributed by atoms with van der Waals surface area (Å²) in [5.74, 6) is 0. The number of thiophene rings is 1. The quantitative estimate of drug-likeness (QED) is 0.732. The van der Waals surface area contributed by atoms with E-state index in [9.17, 15) is 5.11 Å². The van der Waals surface area contributed by atoms with Crippen LogP contribution >= 0.6 is 22.9 Å².